The van der Waals surface area contributed by atoms with Crippen LogP contribution in [0.2, 0.25) is 5.02 Å². The van der Waals surface area contributed by atoms with Gasteiger partial charge in [-0.15, -0.1) is 0 Å². The van der Waals surface area contributed by atoms with Gasteiger partial charge in [-0.3, -0.25) is 0 Å². The van der Waals surface area contributed by atoms with E-state index in [1.807, 2.05) is 12.1 Å². The Kier molecular flexibility index (Phi) is 4.87. The second-order valence-electron chi connectivity index (χ2n) is 7.17. The third-order valence-corrected chi connectivity index (χ3v) is 7.86. The van der Waals surface area contributed by atoms with Crippen molar-refractivity contribution in [3.05, 3.63) is 63.2 Å². The van der Waals surface area contributed by atoms with Crippen LogP contribution in [0.1, 0.15) is 17.7 Å². The molecule has 0 radical (unpaired) electrons. The summed E-state index contributed by atoms with van der Waals surface area (Å²) in [6, 6.07) is 12.6. The summed E-state index contributed by atoms with van der Waals surface area (Å²) in [6.07, 6.45) is 2.47. The van der Waals surface area contributed by atoms with Crippen LogP contribution in [0.25, 0.3) is 10.9 Å². The Morgan fingerprint density at radius 3 is 2.52 bits per heavy atom. The number of likely N-dealkylation sites (N-methyl/N-ethyl adjacent to an activating group) is 1. The minimum atomic E-state index is -3.69. The number of benzene rings is 2. The number of nitrogens with zero attached hydrogens (tertiary/aromatic N) is 2. The van der Waals surface area contributed by atoms with Crippen LogP contribution in [-0.4, -0.2) is 37.4 Å². The number of halogens is 2. The maximum Gasteiger partial charge on any atom is 0.268 e. The van der Waals surface area contributed by atoms with Gasteiger partial charge in [-0.25, -0.2) is 12.4 Å². The molecule has 1 unspecified atom stereocenters. The van der Waals surface area contributed by atoms with Gasteiger partial charge >= 0.3 is 0 Å². The zero-order chi connectivity index (χ0) is 19.3. The summed E-state index contributed by atoms with van der Waals surface area (Å²) in [6.45, 7) is 0. The standard InChI is InChI=1S/C20H20BrClN2O2S/c1-23(2)15-6-10-20-18(12-15)17-11-14(22)5-9-19(17)24(20)27(25,26)16-7-3-13(21)4-8-16/h3-5,7-9,11,15H,6,10,12H2,1-2H3. The molecule has 142 valence electrons. The molecule has 0 fully saturated rings. The summed E-state index contributed by atoms with van der Waals surface area (Å²) in [5, 5.41) is 1.56. The molecule has 0 saturated carbocycles. The molecule has 1 heterocycles. The van der Waals surface area contributed by atoms with E-state index in [0.717, 1.165) is 40.4 Å². The van der Waals surface area contributed by atoms with Gasteiger partial charge < -0.3 is 4.90 Å². The highest BCUT2D eigenvalue weighted by Crippen LogP contribution is 2.37. The molecular formula is C20H20BrClN2O2S. The average molecular weight is 468 g/mol. The first-order valence-corrected chi connectivity index (χ1v) is 11.4. The first-order chi connectivity index (χ1) is 12.8. The molecule has 1 aliphatic rings. The van der Waals surface area contributed by atoms with Gasteiger partial charge in [0.15, 0.2) is 0 Å². The molecule has 2 aromatic carbocycles. The minimum Gasteiger partial charge on any atom is -0.306 e. The monoisotopic (exact) mass is 466 g/mol. The molecule has 1 atom stereocenters. The van der Waals surface area contributed by atoms with Gasteiger partial charge in [0.1, 0.15) is 0 Å². The summed E-state index contributed by atoms with van der Waals surface area (Å²) in [5.41, 5.74) is 2.68. The van der Waals surface area contributed by atoms with Crippen molar-refractivity contribution >= 4 is 48.5 Å². The molecule has 27 heavy (non-hydrogen) atoms. The summed E-state index contributed by atoms with van der Waals surface area (Å²) in [4.78, 5) is 2.50. The molecule has 7 heteroatoms. The Morgan fingerprint density at radius 2 is 1.85 bits per heavy atom. The predicted octanol–water partition coefficient (Wildman–Crippen LogP) is 4.71. The lowest BCUT2D eigenvalue weighted by Crippen LogP contribution is -2.34. The van der Waals surface area contributed by atoms with Gasteiger partial charge in [0.25, 0.3) is 10.0 Å². The molecule has 1 aromatic heterocycles. The Bertz CT molecular complexity index is 1120. The molecule has 0 N–H and O–H groups in total. The third kappa shape index (κ3) is 3.23. The van der Waals surface area contributed by atoms with Crippen molar-refractivity contribution < 1.29 is 8.42 Å². The third-order valence-electron chi connectivity index (χ3n) is 5.33. The second kappa shape index (κ2) is 6.92. The lowest BCUT2D eigenvalue weighted by Gasteiger charge is -2.29. The summed E-state index contributed by atoms with van der Waals surface area (Å²) < 4.78 is 29.4. The molecule has 0 bridgehead atoms. The van der Waals surface area contributed by atoms with E-state index in [2.05, 4.69) is 34.9 Å². The average Bonchev–Trinajstić information content (AvgIpc) is 2.95. The first-order valence-electron chi connectivity index (χ1n) is 8.78. The summed E-state index contributed by atoms with van der Waals surface area (Å²) in [7, 11) is 0.448. The Labute approximate surface area is 172 Å². The van der Waals surface area contributed by atoms with E-state index in [0.29, 0.717) is 16.6 Å². The first kappa shape index (κ1) is 19.0. The van der Waals surface area contributed by atoms with Crippen molar-refractivity contribution in [1.29, 1.82) is 0 Å². The van der Waals surface area contributed by atoms with Gasteiger partial charge in [-0.05, 0) is 81.4 Å². The van der Waals surface area contributed by atoms with Crippen molar-refractivity contribution in [2.24, 2.45) is 0 Å². The van der Waals surface area contributed by atoms with Crippen LogP contribution in [-0.2, 0) is 22.9 Å². The normalized spacial score (nSPS) is 17.4. The highest BCUT2D eigenvalue weighted by atomic mass is 79.9. The maximum absolute atomic E-state index is 13.5. The lowest BCUT2D eigenvalue weighted by atomic mass is 9.91. The number of hydrogen-bond donors (Lipinski definition) is 0. The molecule has 0 amide bonds. The van der Waals surface area contributed by atoms with Crippen LogP contribution < -0.4 is 0 Å². The molecule has 1 aliphatic carbocycles. The molecule has 4 rings (SSSR count). The fourth-order valence-electron chi connectivity index (χ4n) is 3.90. The van der Waals surface area contributed by atoms with Crippen molar-refractivity contribution in [3.8, 4) is 0 Å². The summed E-state index contributed by atoms with van der Waals surface area (Å²) in [5.74, 6) is 0. The van der Waals surface area contributed by atoms with Crippen LogP contribution in [0, 0.1) is 0 Å². The van der Waals surface area contributed by atoms with Gasteiger partial charge in [0.2, 0.25) is 0 Å². The molecule has 4 nitrogen and oxygen atoms in total. The van der Waals surface area contributed by atoms with Crippen molar-refractivity contribution in [2.45, 2.75) is 30.2 Å². The van der Waals surface area contributed by atoms with E-state index in [1.54, 1.807) is 30.3 Å². The molecule has 0 spiro atoms. The van der Waals surface area contributed by atoms with Crippen LogP contribution in [0.4, 0.5) is 0 Å². The van der Waals surface area contributed by atoms with Gasteiger partial charge in [0.05, 0.1) is 10.4 Å². The quantitative estimate of drug-likeness (QED) is 0.560. The van der Waals surface area contributed by atoms with Crippen molar-refractivity contribution in [1.82, 2.24) is 8.87 Å². The second-order valence-corrected chi connectivity index (χ2v) is 10.3. The largest absolute Gasteiger partial charge is 0.306 e. The van der Waals surface area contributed by atoms with E-state index in [9.17, 15) is 8.42 Å². The summed E-state index contributed by atoms with van der Waals surface area (Å²) >= 11 is 9.61. The molecule has 0 aliphatic heterocycles. The fraction of sp³-hybridized carbons (Fsp3) is 0.300. The van der Waals surface area contributed by atoms with E-state index < -0.39 is 10.0 Å². The number of hydrogen-bond acceptors (Lipinski definition) is 3. The van der Waals surface area contributed by atoms with E-state index in [1.165, 1.54) is 3.97 Å². The number of fused-ring (bicyclic) bond motifs is 3. The van der Waals surface area contributed by atoms with E-state index >= 15 is 0 Å². The van der Waals surface area contributed by atoms with Crippen LogP contribution in [0.5, 0.6) is 0 Å². The predicted molar refractivity (Wildman–Crippen MR) is 113 cm³/mol. The van der Waals surface area contributed by atoms with Crippen molar-refractivity contribution in [2.75, 3.05) is 14.1 Å². The number of rotatable bonds is 3. The topological polar surface area (TPSA) is 42.3 Å². The smallest absolute Gasteiger partial charge is 0.268 e. The van der Waals surface area contributed by atoms with Crippen molar-refractivity contribution in [3.63, 3.8) is 0 Å². The highest BCUT2D eigenvalue weighted by Gasteiger charge is 2.31. The highest BCUT2D eigenvalue weighted by molar-refractivity contribution is 9.10. The zero-order valence-electron chi connectivity index (χ0n) is 15.1. The molecular weight excluding hydrogens is 448 g/mol. The van der Waals surface area contributed by atoms with Gasteiger partial charge in [-0.2, -0.15) is 0 Å². The van der Waals surface area contributed by atoms with Crippen LogP contribution >= 0.6 is 27.5 Å². The fourth-order valence-corrected chi connectivity index (χ4v) is 5.94. The minimum absolute atomic E-state index is 0.287. The van der Waals surface area contributed by atoms with Gasteiger partial charge in [-0.1, -0.05) is 27.5 Å². The molecule has 0 saturated heterocycles. The zero-order valence-corrected chi connectivity index (χ0v) is 18.3. The number of aromatic nitrogens is 1. The maximum atomic E-state index is 13.5. The van der Waals surface area contributed by atoms with Crippen LogP contribution in [0.15, 0.2) is 51.8 Å². The Hall–Kier alpha value is -1.34. The van der Waals surface area contributed by atoms with E-state index in [4.69, 9.17) is 11.6 Å². The SMILES string of the molecule is CN(C)C1CCc2c(c3cc(Cl)ccc3n2S(=O)(=O)c2ccc(Br)cc2)C1. The lowest BCUT2D eigenvalue weighted by molar-refractivity contribution is 0.267. The van der Waals surface area contributed by atoms with E-state index in [-0.39, 0.29) is 4.90 Å². The molecule has 3 aromatic rings. The Morgan fingerprint density at radius 1 is 1.15 bits per heavy atom. The van der Waals surface area contributed by atoms with Gasteiger partial charge in [0, 0.05) is 26.6 Å². The van der Waals surface area contributed by atoms with Crippen LogP contribution in [0.3, 0.4) is 0 Å². The Balaban J connectivity index is 1.98.